The first-order valence-electron chi connectivity index (χ1n) is 7.89. The van der Waals surface area contributed by atoms with Gasteiger partial charge in [0.1, 0.15) is 17.1 Å². The van der Waals surface area contributed by atoms with E-state index in [2.05, 4.69) is 10.6 Å². The molecule has 0 saturated heterocycles. The molecule has 1 heterocycles. The molecule has 3 rings (SSSR count). The molecule has 1 aromatic carbocycles. The zero-order chi connectivity index (χ0) is 14.8. The molecule has 1 aliphatic carbocycles. The molecule has 0 amide bonds. The topological polar surface area (TPSA) is 27.1 Å². The summed E-state index contributed by atoms with van der Waals surface area (Å²) >= 11 is 6.09. The van der Waals surface area contributed by atoms with Gasteiger partial charge in [-0.25, -0.2) is 4.98 Å². The van der Waals surface area contributed by atoms with E-state index in [0.29, 0.717) is 5.88 Å². The molecule has 0 bridgehead atoms. The summed E-state index contributed by atoms with van der Waals surface area (Å²) in [6, 6.07) is 6.14. The second kappa shape index (κ2) is 6.27. The molecular weight excluding hydrogens is 284 g/mol. The van der Waals surface area contributed by atoms with Crippen LogP contribution in [-0.2, 0) is 12.4 Å². The van der Waals surface area contributed by atoms with Gasteiger partial charge in [0.25, 0.3) is 0 Å². The van der Waals surface area contributed by atoms with E-state index in [1.54, 1.807) is 0 Å². The van der Waals surface area contributed by atoms with Crippen molar-refractivity contribution in [3.8, 4) is 5.75 Å². The molecule has 1 aromatic heterocycles. The number of para-hydroxylation sites is 1. The predicted octanol–water partition coefficient (Wildman–Crippen LogP) is 4.75. The molecule has 0 spiro atoms. The van der Waals surface area contributed by atoms with Crippen molar-refractivity contribution in [1.82, 2.24) is 9.55 Å². The van der Waals surface area contributed by atoms with Crippen molar-refractivity contribution in [2.45, 2.75) is 58.1 Å². The minimum Gasteiger partial charge on any atom is -0.489 e. The average molecular weight is 307 g/mol. The summed E-state index contributed by atoms with van der Waals surface area (Å²) in [4.78, 5) is 4.70. The summed E-state index contributed by atoms with van der Waals surface area (Å²) in [6.45, 7) is 5.07. The molecule has 3 nitrogen and oxygen atoms in total. The fourth-order valence-corrected chi connectivity index (χ4v) is 3.02. The van der Waals surface area contributed by atoms with E-state index in [4.69, 9.17) is 21.3 Å². The molecule has 0 radical (unpaired) electrons. The second-order valence-electron chi connectivity index (χ2n) is 6.19. The van der Waals surface area contributed by atoms with Gasteiger partial charge in [-0.1, -0.05) is 18.9 Å². The van der Waals surface area contributed by atoms with Gasteiger partial charge >= 0.3 is 0 Å². The molecule has 21 heavy (non-hydrogen) atoms. The zero-order valence-electron chi connectivity index (χ0n) is 12.8. The Labute approximate surface area is 131 Å². The van der Waals surface area contributed by atoms with Crippen LogP contribution in [-0.4, -0.2) is 15.7 Å². The van der Waals surface area contributed by atoms with E-state index >= 15 is 0 Å². The number of nitrogens with zero attached hydrogens (tertiary/aromatic N) is 2. The summed E-state index contributed by atoms with van der Waals surface area (Å²) in [6.07, 6.45) is 5.51. The summed E-state index contributed by atoms with van der Waals surface area (Å²) in [5.41, 5.74) is 2.08. The van der Waals surface area contributed by atoms with Crippen LogP contribution in [0.1, 0.15) is 45.4 Å². The Morgan fingerprint density at radius 2 is 2.19 bits per heavy atom. The lowest BCUT2D eigenvalue weighted by Gasteiger charge is -2.10. The third-order valence-corrected chi connectivity index (χ3v) is 4.23. The molecule has 0 N–H and O–H groups in total. The molecule has 1 aliphatic rings. The second-order valence-corrected chi connectivity index (χ2v) is 6.46. The minimum atomic E-state index is 0.148. The van der Waals surface area contributed by atoms with Crippen LogP contribution in [0.15, 0.2) is 18.2 Å². The van der Waals surface area contributed by atoms with Gasteiger partial charge < -0.3 is 9.30 Å². The van der Waals surface area contributed by atoms with E-state index in [1.165, 1.54) is 25.7 Å². The number of ether oxygens (including phenoxy) is 1. The van der Waals surface area contributed by atoms with Crippen LogP contribution < -0.4 is 4.74 Å². The van der Waals surface area contributed by atoms with Crippen molar-refractivity contribution in [1.29, 1.82) is 0 Å². The highest BCUT2D eigenvalue weighted by molar-refractivity contribution is 6.16. The Bertz CT molecular complexity index is 617. The molecule has 0 atom stereocenters. The van der Waals surface area contributed by atoms with E-state index in [1.807, 2.05) is 26.0 Å². The number of fused-ring (bicyclic) bond motifs is 1. The molecule has 0 unspecified atom stereocenters. The molecule has 1 saturated carbocycles. The van der Waals surface area contributed by atoms with E-state index in [-0.39, 0.29) is 6.10 Å². The number of imidazole rings is 1. The fraction of sp³-hybridized carbons (Fsp3) is 0.588. The van der Waals surface area contributed by atoms with Crippen LogP contribution >= 0.6 is 11.6 Å². The standard InChI is InChI=1S/C17H23ClN2O/c1-12(2)21-15-7-3-6-14-17(15)19-16(11-18)20(14)10-4-5-13-8-9-13/h3,6-7,12-13H,4-5,8-11H2,1-2H3. The first-order valence-corrected chi connectivity index (χ1v) is 8.43. The molecular formula is C17H23ClN2O. The van der Waals surface area contributed by atoms with Crippen molar-refractivity contribution in [2.75, 3.05) is 0 Å². The lowest BCUT2D eigenvalue weighted by molar-refractivity contribution is 0.245. The van der Waals surface area contributed by atoms with Gasteiger partial charge in [-0.05, 0) is 44.7 Å². The lowest BCUT2D eigenvalue weighted by Crippen LogP contribution is -2.06. The first kappa shape index (κ1) is 14.7. The quantitative estimate of drug-likeness (QED) is 0.690. The maximum Gasteiger partial charge on any atom is 0.147 e. The van der Waals surface area contributed by atoms with Crippen LogP contribution in [0.25, 0.3) is 11.0 Å². The Morgan fingerprint density at radius 1 is 1.38 bits per heavy atom. The van der Waals surface area contributed by atoms with Crippen molar-refractivity contribution in [3.63, 3.8) is 0 Å². The molecule has 114 valence electrons. The van der Waals surface area contributed by atoms with Crippen molar-refractivity contribution >= 4 is 22.6 Å². The Hall–Kier alpha value is -1.22. The van der Waals surface area contributed by atoms with Gasteiger partial charge in [-0.15, -0.1) is 11.6 Å². The largest absolute Gasteiger partial charge is 0.489 e. The first-order chi connectivity index (χ1) is 10.2. The van der Waals surface area contributed by atoms with Crippen molar-refractivity contribution < 1.29 is 4.74 Å². The molecule has 2 aromatic rings. The smallest absolute Gasteiger partial charge is 0.147 e. The summed E-state index contributed by atoms with van der Waals surface area (Å²) in [5.74, 6) is 3.22. The zero-order valence-corrected chi connectivity index (χ0v) is 13.6. The van der Waals surface area contributed by atoms with Crippen LogP contribution in [0.5, 0.6) is 5.75 Å². The highest BCUT2D eigenvalue weighted by Crippen LogP contribution is 2.34. The summed E-state index contributed by atoms with van der Waals surface area (Å²) < 4.78 is 8.14. The molecule has 1 fully saturated rings. The van der Waals surface area contributed by atoms with Gasteiger partial charge in [0.2, 0.25) is 0 Å². The number of benzene rings is 1. The highest BCUT2D eigenvalue weighted by Gasteiger charge is 2.21. The van der Waals surface area contributed by atoms with Gasteiger partial charge in [-0.3, -0.25) is 0 Å². The van der Waals surface area contributed by atoms with Gasteiger partial charge in [0.15, 0.2) is 0 Å². The molecule has 0 aliphatic heterocycles. The molecule has 4 heteroatoms. The number of aryl methyl sites for hydroxylation is 1. The van der Waals surface area contributed by atoms with E-state index in [0.717, 1.165) is 35.1 Å². The summed E-state index contributed by atoms with van der Waals surface area (Å²) in [7, 11) is 0. The monoisotopic (exact) mass is 306 g/mol. The number of hydrogen-bond acceptors (Lipinski definition) is 2. The number of rotatable bonds is 7. The number of alkyl halides is 1. The van der Waals surface area contributed by atoms with E-state index < -0.39 is 0 Å². The van der Waals surface area contributed by atoms with Gasteiger partial charge in [0, 0.05) is 6.54 Å². The van der Waals surface area contributed by atoms with E-state index in [9.17, 15) is 0 Å². The van der Waals surface area contributed by atoms with Crippen molar-refractivity contribution in [2.24, 2.45) is 5.92 Å². The lowest BCUT2D eigenvalue weighted by atomic mass is 10.2. The highest BCUT2D eigenvalue weighted by atomic mass is 35.5. The van der Waals surface area contributed by atoms with Crippen LogP contribution in [0.2, 0.25) is 0 Å². The Kier molecular flexibility index (Phi) is 4.39. The number of hydrogen-bond donors (Lipinski definition) is 0. The van der Waals surface area contributed by atoms with Crippen molar-refractivity contribution in [3.05, 3.63) is 24.0 Å². The third kappa shape index (κ3) is 3.34. The Morgan fingerprint density at radius 3 is 2.86 bits per heavy atom. The fourth-order valence-electron chi connectivity index (χ4n) is 2.81. The van der Waals surface area contributed by atoms with Crippen LogP contribution in [0.4, 0.5) is 0 Å². The van der Waals surface area contributed by atoms with Crippen LogP contribution in [0.3, 0.4) is 0 Å². The third-order valence-electron chi connectivity index (χ3n) is 3.99. The maximum atomic E-state index is 6.09. The SMILES string of the molecule is CC(C)Oc1cccc2c1nc(CCl)n2CCCC1CC1. The normalized spacial score (nSPS) is 15.0. The van der Waals surface area contributed by atoms with Crippen LogP contribution in [0, 0.1) is 5.92 Å². The van der Waals surface area contributed by atoms with Gasteiger partial charge in [0.05, 0.1) is 17.5 Å². The number of halogens is 1. The maximum absolute atomic E-state index is 6.09. The Balaban J connectivity index is 1.89. The van der Waals surface area contributed by atoms with Gasteiger partial charge in [-0.2, -0.15) is 0 Å². The predicted molar refractivity (Wildman–Crippen MR) is 87.0 cm³/mol. The number of aromatic nitrogens is 2. The summed E-state index contributed by atoms with van der Waals surface area (Å²) in [5, 5.41) is 0. The minimum absolute atomic E-state index is 0.148. The average Bonchev–Trinajstić information content (AvgIpc) is 3.20.